The van der Waals surface area contributed by atoms with Gasteiger partial charge in [-0.15, -0.1) is 0 Å². The Hall–Kier alpha value is -4.91. The first-order chi connectivity index (χ1) is 17.6. The molecule has 0 saturated heterocycles. The maximum absolute atomic E-state index is 12.3. The molecule has 0 aliphatic carbocycles. The van der Waals surface area contributed by atoms with Crippen LogP contribution in [0.4, 0.5) is 0 Å². The Balaban J connectivity index is 1.25. The maximum Gasteiger partial charge on any atom is 0.343 e. The summed E-state index contributed by atoms with van der Waals surface area (Å²) in [4.78, 5) is 24.4. The number of carbonyl (C=O) groups excluding carboxylic acids is 2. The molecule has 1 N–H and O–H groups in total. The topological polar surface area (TPSA) is 86.2 Å². The Morgan fingerprint density at radius 1 is 0.778 bits per heavy atom. The molecule has 7 nitrogen and oxygen atoms in total. The zero-order chi connectivity index (χ0) is 25.2. The highest BCUT2D eigenvalue weighted by Crippen LogP contribution is 2.22. The molecule has 0 spiro atoms. The van der Waals surface area contributed by atoms with Crippen molar-refractivity contribution in [3.8, 4) is 28.4 Å². The summed E-state index contributed by atoms with van der Waals surface area (Å²) in [6, 6.07) is 30.9. The molecule has 0 heterocycles. The van der Waals surface area contributed by atoms with Crippen LogP contribution in [0, 0.1) is 0 Å². The fraction of sp³-hybridized carbons (Fsp3) is 0.0690. The van der Waals surface area contributed by atoms with E-state index in [2.05, 4.69) is 10.5 Å². The third kappa shape index (κ3) is 6.80. The second kappa shape index (κ2) is 12.0. The molecule has 0 aliphatic rings. The van der Waals surface area contributed by atoms with Crippen LogP contribution in [-0.2, 0) is 4.79 Å². The van der Waals surface area contributed by atoms with E-state index < -0.39 is 11.9 Å². The van der Waals surface area contributed by atoms with Crippen molar-refractivity contribution in [2.24, 2.45) is 5.10 Å². The van der Waals surface area contributed by atoms with Gasteiger partial charge < -0.3 is 14.2 Å². The summed E-state index contributed by atoms with van der Waals surface area (Å²) in [5.41, 5.74) is 5.64. The highest BCUT2D eigenvalue weighted by atomic mass is 16.5. The van der Waals surface area contributed by atoms with Crippen LogP contribution in [0.2, 0.25) is 0 Å². The summed E-state index contributed by atoms with van der Waals surface area (Å²) >= 11 is 0. The van der Waals surface area contributed by atoms with Gasteiger partial charge in [0.05, 0.1) is 18.9 Å². The molecular weight excluding hydrogens is 456 g/mol. The lowest BCUT2D eigenvalue weighted by atomic mass is 10.1. The van der Waals surface area contributed by atoms with Gasteiger partial charge in [0.1, 0.15) is 17.2 Å². The van der Waals surface area contributed by atoms with Crippen LogP contribution >= 0.6 is 0 Å². The number of esters is 1. The molecule has 0 unspecified atom stereocenters. The van der Waals surface area contributed by atoms with E-state index in [-0.39, 0.29) is 6.61 Å². The number of hydrogen-bond donors (Lipinski definition) is 1. The van der Waals surface area contributed by atoms with Crippen molar-refractivity contribution in [1.29, 1.82) is 0 Å². The lowest BCUT2D eigenvalue weighted by molar-refractivity contribution is -0.123. The average Bonchev–Trinajstić information content (AvgIpc) is 2.93. The van der Waals surface area contributed by atoms with Gasteiger partial charge in [0.15, 0.2) is 6.61 Å². The number of benzene rings is 4. The quantitative estimate of drug-likeness (QED) is 0.156. The fourth-order valence-electron chi connectivity index (χ4n) is 3.29. The molecule has 7 heteroatoms. The normalized spacial score (nSPS) is 10.6. The Morgan fingerprint density at radius 3 is 2.19 bits per heavy atom. The van der Waals surface area contributed by atoms with Crippen molar-refractivity contribution < 1.29 is 23.8 Å². The van der Waals surface area contributed by atoms with E-state index in [1.165, 1.54) is 6.21 Å². The lowest BCUT2D eigenvalue weighted by Gasteiger charge is -2.07. The number of hydrogen-bond acceptors (Lipinski definition) is 6. The van der Waals surface area contributed by atoms with Gasteiger partial charge in [0, 0.05) is 0 Å². The number of nitrogens with one attached hydrogen (secondary N) is 1. The zero-order valence-corrected chi connectivity index (χ0v) is 19.6. The van der Waals surface area contributed by atoms with Gasteiger partial charge in [-0.25, -0.2) is 10.2 Å². The summed E-state index contributed by atoms with van der Waals surface area (Å²) < 4.78 is 16.0. The number of rotatable bonds is 9. The number of nitrogens with zero attached hydrogens (tertiary/aromatic N) is 1. The standard InChI is InChI=1S/C29H24N2O5/c1-34-25-14-12-24(13-15-25)29(33)36-27-9-5-6-21(18-27)19-30-31-28(32)20-35-26-16-10-23(11-17-26)22-7-3-2-4-8-22/h2-19H,20H2,1H3,(H,31,32)/b30-19+. The van der Waals surface area contributed by atoms with Crippen LogP contribution in [0.25, 0.3) is 11.1 Å². The molecule has 36 heavy (non-hydrogen) atoms. The minimum atomic E-state index is -0.492. The van der Waals surface area contributed by atoms with Crippen LogP contribution in [0.15, 0.2) is 108 Å². The minimum Gasteiger partial charge on any atom is -0.497 e. The number of hydrazone groups is 1. The molecule has 4 aromatic rings. The minimum absolute atomic E-state index is 0.179. The third-order valence-corrected chi connectivity index (χ3v) is 5.13. The van der Waals surface area contributed by atoms with Crippen molar-refractivity contribution in [3.05, 3.63) is 114 Å². The molecule has 1 amide bonds. The molecular formula is C29H24N2O5. The Labute approximate surface area is 209 Å². The first-order valence-corrected chi connectivity index (χ1v) is 11.2. The van der Waals surface area contributed by atoms with Gasteiger partial charge in [0.2, 0.25) is 0 Å². The predicted molar refractivity (Wildman–Crippen MR) is 138 cm³/mol. The predicted octanol–water partition coefficient (Wildman–Crippen LogP) is 5.11. The first-order valence-electron chi connectivity index (χ1n) is 11.2. The SMILES string of the molecule is COc1ccc(C(=O)Oc2cccc(/C=N/NC(=O)COc3ccc(-c4ccccc4)cc3)c2)cc1. The van der Waals surface area contributed by atoms with Crippen molar-refractivity contribution >= 4 is 18.1 Å². The number of amides is 1. The van der Waals surface area contributed by atoms with E-state index in [0.29, 0.717) is 28.4 Å². The largest absolute Gasteiger partial charge is 0.497 e. The van der Waals surface area contributed by atoms with Gasteiger partial charge in [-0.05, 0) is 65.2 Å². The highest BCUT2D eigenvalue weighted by molar-refractivity contribution is 5.91. The highest BCUT2D eigenvalue weighted by Gasteiger charge is 2.09. The lowest BCUT2D eigenvalue weighted by Crippen LogP contribution is -2.24. The van der Waals surface area contributed by atoms with Crippen molar-refractivity contribution in [2.75, 3.05) is 13.7 Å². The Bertz CT molecular complexity index is 1330. The molecule has 0 atom stereocenters. The number of methoxy groups -OCH3 is 1. The van der Waals surface area contributed by atoms with Crippen LogP contribution in [-0.4, -0.2) is 31.8 Å². The van der Waals surface area contributed by atoms with Gasteiger partial charge in [-0.2, -0.15) is 5.10 Å². The number of carbonyl (C=O) groups is 2. The Kier molecular flexibility index (Phi) is 8.07. The monoisotopic (exact) mass is 480 g/mol. The van der Waals surface area contributed by atoms with E-state index >= 15 is 0 Å². The van der Waals surface area contributed by atoms with Crippen LogP contribution in [0.5, 0.6) is 17.2 Å². The first kappa shape index (κ1) is 24.2. The molecule has 4 aromatic carbocycles. The Morgan fingerprint density at radius 2 is 1.47 bits per heavy atom. The average molecular weight is 481 g/mol. The number of ether oxygens (including phenoxy) is 3. The van der Waals surface area contributed by atoms with Crippen molar-refractivity contribution in [3.63, 3.8) is 0 Å². The molecule has 0 radical (unpaired) electrons. The van der Waals surface area contributed by atoms with Gasteiger partial charge in [-0.3, -0.25) is 4.79 Å². The van der Waals surface area contributed by atoms with Crippen molar-refractivity contribution in [1.82, 2.24) is 5.43 Å². The summed E-state index contributed by atoms with van der Waals surface area (Å²) in [6.07, 6.45) is 1.46. The summed E-state index contributed by atoms with van der Waals surface area (Å²) in [5.74, 6) is 0.696. The second-order valence-corrected chi connectivity index (χ2v) is 7.66. The van der Waals surface area contributed by atoms with E-state index in [0.717, 1.165) is 11.1 Å². The van der Waals surface area contributed by atoms with Crippen molar-refractivity contribution in [2.45, 2.75) is 0 Å². The van der Waals surface area contributed by atoms with Gasteiger partial charge in [0.25, 0.3) is 5.91 Å². The molecule has 180 valence electrons. The third-order valence-electron chi connectivity index (χ3n) is 5.13. The zero-order valence-electron chi connectivity index (χ0n) is 19.6. The summed E-state index contributed by atoms with van der Waals surface area (Å²) in [5, 5.41) is 3.95. The summed E-state index contributed by atoms with van der Waals surface area (Å²) in [7, 11) is 1.56. The molecule has 4 rings (SSSR count). The van der Waals surface area contributed by atoms with Gasteiger partial charge in [-0.1, -0.05) is 54.6 Å². The van der Waals surface area contributed by atoms with Crippen LogP contribution in [0.3, 0.4) is 0 Å². The molecule has 0 fully saturated rings. The molecule has 0 aliphatic heterocycles. The summed E-state index contributed by atoms with van der Waals surface area (Å²) in [6.45, 7) is -0.179. The molecule has 0 aromatic heterocycles. The van der Waals surface area contributed by atoms with E-state index in [9.17, 15) is 9.59 Å². The smallest absolute Gasteiger partial charge is 0.343 e. The van der Waals surface area contributed by atoms with E-state index in [4.69, 9.17) is 14.2 Å². The van der Waals surface area contributed by atoms with E-state index in [1.807, 2.05) is 54.6 Å². The van der Waals surface area contributed by atoms with Crippen LogP contribution in [0.1, 0.15) is 15.9 Å². The fourth-order valence-corrected chi connectivity index (χ4v) is 3.29. The maximum atomic E-state index is 12.3. The molecule has 0 bridgehead atoms. The van der Waals surface area contributed by atoms with Gasteiger partial charge >= 0.3 is 5.97 Å². The molecule has 0 saturated carbocycles. The van der Waals surface area contributed by atoms with Crippen LogP contribution < -0.4 is 19.6 Å². The second-order valence-electron chi connectivity index (χ2n) is 7.66. The van der Waals surface area contributed by atoms with E-state index in [1.54, 1.807) is 55.6 Å².